The third kappa shape index (κ3) is 3.22. The Morgan fingerprint density at radius 2 is 2.19 bits per heavy atom. The Labute approximate surface area is 102 Å². The van der Waals surface area contributed by atoms with E-state index in [-0.39, 0.29) is 0 Å². The average molecular weight is 243 g/mol. The largest absolute Gasteiger partial charge is 0.376 e. The topological polar surface area (TPSA) is 27.1 Å². The van der Waals surface area contributed by atoms with Crippen molar-refractivity contribution in [2.75, 3.05) is 6.61 Å². The summed E-state index contributed by atoms with van der Waals surface area (Å²) in [4.78, 5) is 4.08. The zero-order chi connectivity index (χ0) is 11.2. The molecule has 1 aliphatic carbocycles. The van der Waals surface area contributed by atoms with E-state index in [2.05, 4.69) is 9.55 Å². The number of aromatic nitrogens is 2. The summed E-state index contributed by atoms with van der Waals surface area (Å²) < 4.78 is 7.93. The lowest BCUT2D eigenvalue weighted by Crippen LogP contribution is -2.19. The first kappa shape index (κ1) is 11.9. The Hall–Kier alpha value is -0.540. The van der Waals surface area contributed by atoms with E-state index >= 15 is 0 Å². The van der Waals surface area contributed by atoms with Crippen molar-refractivity contribution in [3.63, 3.8) is 0 Å². The number of hydrogen-bond acceptors (Lipinski definition) is 2. The van der Waals surface area contributed by atoms with Crippen LogP contribution in [0.1, 0.15) is 37.8 Å². The van der Waals surface area contributed by atoms with Crippen LogP contribution in [-0.4, -0.2) is 22.3 Å². The minimum atomic E-state index is 0.483. The van der Waals surface area contributed by atoms with Gasteiger partial charge in [-0.3, -0.25) is 0 Å². The maximum absolute atomic E-state index is 5.86. The van der Waals surface area contributed by atoms with Crippen molar-refractivity contribution in [1.82, 2.24) is 9.55 Å². The summed E-state index contributed by atoms with van der Waals surface area (Å²) in [7, 11) is 0. The first-order chi connectivity index (χ1) is 7.90. The standard InChI is InChI=1S/C12H19ClN2O/c13-8-11-9-14-10-15(11)6-7-16-12-4-2-1-3-5-12/h9-10,12H,1-8H2. The molecule has 0 atom stereocenters. The van der Waals surface area contributed by atoms with Gasteiger partial charge >= 0.3 is 0 Å². The van der Waals surface area contributed by atoms with E-state index in [0.29, 0.717) is 12.0 Å². The van der Waals surface area contributed by atoms with Crippen LogP contribution in [0.15, 0.2) is 12.5 Å². The lowest BCUT2D eigenvalue weighted by atomic mass is 9.98. The van der Waals surface area contributed by atoms with Gasteiger partial charge in [-0.1, -0.05) is 19.3 Å². The molecule has 0 unspecified atom stereocenters. The van der Waals surface area contributed by atoms with Crippen molar-refractivity contribution in [3.05, 3.63) is 18.2 Å². The van der Waals surface area contributed by atoms with Gasteiger partial charge < -0.3 is 9.30 Å². The second-order valence-electron chi connectivity index (χ2n) is 4.34. The fourth-order valence-corrected chi connectivity index (χ4v) is 2.43. The summed E-state index contributed by atoms with van der Waals surface area (Å²) >= 11 is 5.80. The number of imidazole rings is 1. The van der Waals surface area contributed by atoms with E-state index in [0.717, 1.165) is 18.8 Å². The molecule has 1 aromatic heterocycles. The van der Waals surface area contributed by atoms with E-state index in [9.17, 15) is 0 Å². The van der Waals surface area contributed by atoms with Gasteiger partial charge in [-0.15, -0.1) is 11.6 Å². The summed E-state index contributed by atoms with van der Waals surface area (Å²) in [5, 5.41) is 0. The van der Waals surface area contributed by atoms with Gasteiger partial charge in [0.1, 0.15) is 0 Å². The van der Waals surface area contributed by atoms with E-state index < -0.39 is 0 Å². The molecule has 90 valence electrons. The lowest BCUT2D eigenvalue weighted by Gasteiger charge is -2.22. The second kappa shape index (κ2) is 6.26. The second-order valence-corrected chi connectivity index (χ2v) is 4.61. The van der Waals surface area contributed by atoms with Crippen LogP contribution in [0.4, 0.5) is 0 Å². The molecule has 1 fully saturated rings. The highest BCUT2D eigenvalue weighted by Crippen LogP contribution is 2.20. The molecule has 1 aromatic rings. The smallest absolute Gasteiger partial charge is 0.0949 e. The number of halogens is 1. The molecule has 2 rings (SSSR count). The van der Waals surface area contributed by atoms with Gasteiger partial charge in [0.05, 0.1) is 30.6 Å². The zero-order valence-electron chi connectivity index (χ0n) is 9.57. The Kier molecular flexibility index (Phi) is 4.67. The molecule has 1 saturated carbocycles. The zero-order valence-corrected chi connectivity index (χ0v) is 10.3. The fourth-order valence-electron chi connectivity index (χ4n) is 2.21. The normalized spacial score (nSPS) is 17.8. The van der Waals surface area contributed by atoms with Crippen LogP contribution in [0.5, 0.6) is 0 Å². The van der Waals surface area contributed by atoms with Gasteiger partial charge in [0.15, 0.2) is 0 Å². The summed E-state index contributed by atoms with van der Waals surface area (Å²) in [5.41, 5.74) is 1.06. The molecule has 1 heterocycles. The molecule has 0 N–H and O–H groups in total. The minimum absolute atomic E-state index is 0.483. The summed E-state index contributed by atoms with van der Waals surface area (Å²) in [6.45, 7) is 1.63. The van der Waals surface area contributed by atoms with Crippen LogP contribution in [0.3, 0.4) is 0 Å². The van der Waals surface area contributed by atoms with Gasteiger partial charge in [0, 0.05) is 12.7 Å². The Morgan fingerprint density at radius 3 is 2.94 bits per heavy atom. The monoisotopic (exact) mass is 242 g/mol. The number of rotatable bonds is 5. The van der Waals surface area contributed by atoms with Crippen molar-refractivity contribution < 1.29 is 4.74 Å². The summed E-state index contributed by atoms with van der Waals surface area (Å²) in [6, 6.07) is 0. The van der Waals surface area contributed by atoms with Crippen molar-refractivity contribution in [2.24, 2.45) is 0 Å². The quantitative estimate of drug-likeness (QED) is 0.743. The highest BCUT2D eigenvalue weighted by atomic mass is 35.5. The van der Waals surface area contributed by atoms with E-state index in [1.807, 2.05) is 12.5 Å². The third-order valence-corrected chi connectivity index (χ3v) is 3.45. The van der Waals surface area contributed by atoms with Crippen LogP contribution in [-0.2, 0) is 17.2 Å². The van der Waals surface area contributed by atoms with Crippen LogP contribution in [0.25, 0.3) is 0 Å². The predicted molar refractivity (Wildman–Crippen MR) is 64.6 cm³/mol. The molecule has 0 saturated heterocycles. The van der Waals surface area contributed by atoms with Crippen molar-refractivity contribution in [3.8, 4) is 0 Å². The van der Waals surface area contributed by atoms with Crippen LogP contribution in [0.2, 0.25) is 0 Å². The van der Waals surface area contributed by atoms with E-state index in [1.165, 1.54) is 32.1 Å². The predicted octanol–water partition coefficient (Wildman–Crippen LogP) is 2.97. The first-order valence-electron chi connectivity index (χ1n) is 6.06. The van der Waals surface area contributed by atoms with Crippen LogP contribution < -0.4 is 0 Å². The first-order valence-corrected chi connectivity index (χ1v) is 6.60. The Balaban J connectivity index is 1.71. The molecule has 1 aliphatic rings. The molecule has 0 amide bonds. The Morgan fingerprint density at radius 1 is 1.38 bits per heavy atom. The summed E-state index contributed by atoms with van der Waals surface area (Å²) in [5.74, 6) is 0.517. The highest BCUT2D eigenvalue weighted by Gasteiger charge is 2.13. The summed E-state index contributed by atoms with van der Waals surface area (Å²) in [6.07, 6.45) is 10.6. The molecular formula is C12H19ClN2O. The molecule has 16 heavy (non-hydrogen) atoms. The van der Waals surface area contributed by atoms with Crippen LogP contribution in [0, 0.1) is 0 Å². The number of ether oxygens (including phenoxy) is 1. The molecule has 0 spiro atoms. The van der Waals surface area contributed by atoms with Crippen molar-refractivity contribution in [1.29, 1.82) is 0 Å². The maximum atomic E-state index is 5.86. The molecule has 0 aliphatic heterocycles. The number of nitrogens with zero attached hydrogens (tertiary/aromatic N) is 2. The average Bonchev–Trinajstić information content (AvgIpc) is 2.78. The van der Waals surface area contributed by atoms with Gasteiger partial charge in [-0.05, 0) is 12.8 Å². The van der Waals surface area contributed by atoms with Crippen molar-refractivity contribution in [2.45, 2.75) is 50.6 Å². The molecule has 0 aromatic carbocycles. The molecule has 3 nitrogen and oxygen atoms in total. The maximum Gasteiger partial charge on any atom is 0.0949 e. The lowest BCUT2D eigenvalue weighted by molar-refractivity contribution is 0.0239. The Bertz CT molecular complexity index is 308. The number of alkyl halides is 1. The van der Waals surface area contributed by atoms with Crippen molar-refractivity contribution >= 4 is 11.6 Å². The highest BCUT2D eigenvalue weighted by molar-refractivity contribution is 6.16. The fraction of sp³-hybridized carbons (Fsp3) is 0.750. The van der Waals surface area contributed by atoms with Gasteiger partial charge in [0.2, 0.25) is 0 Å². The molecular weight excluding hydrogens is 224 g/mol. The van der Waals surface area contributed by atoms with Crippen LogP contribution >= 0.6 is 11.6 Å². The van der Waals surface area contributed by atoms with Gasteiger partial charge in [0.25, 0.3) is 0 Å². The molecule has 0 bridgehead atoms. The van der Waals surface area contributed by atoms with Gasteiger partial charge in [-0.2, -0.15) is 0 Å². The SMILES string of the molecule is ClCc1cncn1CCOC1CCCCC1. The van der Waals surface area contributed by atoms with Gasteiger partial charge in [-0.25, -0.2) is 4.98 Å². The molecule has 0 radical (unpaired) electrons. The van der Waals surface area contributed by atoms with E-state index in [4.69, 9.17) is 16.3 Å². The molecule has 4 heteroatoms. The van der Waals surface area contributed by atoms with E-state index in [1.54, 1.807) is 0 Å². The third-order valence-electron chi connectivity index (χ3n) is 3.17. The minimum Gasteiger partial charge on any atom is -0.376 e. The number of hydrogen-bond donors (Lipinski definition) is 0.